The molecule has 2 aliphatic heterocycles. The highest BCUT2D eigenvalue weighted by molar-refractivity contribution is 8.45. The van der Waals surface area contributed by atoms with E-state index in [0.717, 1.165) is 32.8 Å². The summed E-state index contributed by atoms with van der Waals surface area (Å²) in [5, 5.41) is 14.7. The molecule has 0 aliphatic carbocycles. The molecule has 1 aromatic carbocycles. The summed E-state index contributed by atoms with van der Waals surface area (Å²) in [6.45, 7) is 5.89. The van der Waals surface area contributed by atoms with Crippen LogP contribution in [0.5, 0.6) is 0 Å². The third kappa shape index (κ3) is 3.56. The molecule has 1 N–H and O–H groups in total. The first-order chi connectivity index (χ1) is 13.9. The second kappa shape index (κ2) is 7.64. The molecule has 0 fully saturated rings. The highest BCUT2D eigenvalue weighted by atomic mass is 32.2. The molecule has 0 radical (unpaired) electrons. The molecule has 148 valence electrons. The number of carbonyl (C=O) groups is 1. The van der Waals surface area contributed by atoms with E-state index >= 15 is 0 Å². The largest absolute Gasteiger partial charge is 0.318 e. The number of aryl methyl sites for hydroxylation is 1. The number of hydrazone groups is 1. The molecule has 29 heavy (non-hydrogen) atoms. The predicted molar refractivity (Wildman–Crippen MR) is 118 cm³/mol. The average molecular weight is 428 g/mol. The van der Waals surface area contributed by atoms with E-state index in [1.165, 1.54) is 28.9 Å². The lowest BCUT2D eigenvalue weighted by atomic mass is 10.1. The minimum atomic E-state index is -0.446. The Labute approximate surface area is 176 Å². The van der Waals surface area contributed by atoms with E-state index in [1.54, 1.807) is 30.0 Å². The van der Waals surface area contributed by atoms with Gasteiger partial charge in [-0.2, -0.15) is 10.0 Å². The molecule has 2 aromatic rings. The molecule has 0 saturated heterocycles. The zero-order valence-electron chi connectivity index (χ0n) is 16.1. The number of nitrogens with zero attached hydrogens (tertiary/aromatic N) is 4. The van der Waals surface area contributed by atoms with Crippen molar-refractivity contribution in [1.29, 1.82) is 5.41 Å². The summed E-state index contributed by atoms with van der Waals surface area (Å²) in [5.41, 5.74) is 3.66. The minimum Gasteiger partial charge on any atom is -0.318 e. The molecule has 0 unspecified atom stereocenters. The summed E-state index contributed by atoms with van der Waals surface area (Å²) in [6, 6.07) is 8.18. The second-order valence-electron chi connectivity index (χ2n) is 6.46. The number of amidine groups is 2. The highest BCUT2D eigenvalue weighted by Crippen LogP contribution is 2.33. The van der Waals surface area contributed by atoms with Crippen molar-refractivity contribution < 1.29 is 9.18 Å². The molecule has 0 saturated carbocycles. The lowest BCUT2D eigenvalue weighted by molar-refractivity contribution is -0.114. The van der Waals surface area contributed by atoms with Crippen LogP contribution < -0.4 is 0 Å². The molecule has 3 heterocycles. The fourth-order valence-corrected chi connectivity index (χ4v) is 5.06. The Morgan fingerprint density at radius 3 is 2.69 bits per heavy atom. The molecule has 1 amide bonds. The number of aromatic nitrogens is 1. The fraction of sp³-hybridized carbons (Fsp3) is 0.200. The van der Waals surface area contributed by atoms with Gasteiger partial charge in [-0.3, -0.25) is 10.2 Å². The second-order valence-corrected chi connectivity index (χ2v) is 8.92. The van der Waals surface area contributed by atoms with E-state index in [4.69, 9.17) is 5.41 Å². The summed E-state index contributed by atoms with van der Waals surface area (Å²) in [6.07, 6.45) is 1.68. The van der Waals surface area contributed by atoms with Crippen LogP contribution in [0.25, 0.3) is 11.8 Å². The maximum atomic E-state index is 13.3. The van der Waals surface area contributed by atoms with Crippen molar-refractivity contribution in [2.75, 3.05) is 5.75 Å². The molecule has 9 heteroatoms. The molecule has 0 atom stereocenters. The van der Waals surface area contributed by atoms with Crippen LogP contribution in [0.2, 0.25) is 0 Å². The fourth-order valence-electron chi connectivity index (χ4n) is 3.23. The zero-order valence-corrected chi connectivity index (χ0v) is 17.7. The van der Waals surface area contributed by atoms with Gasteiger partial charge >= 0.3 is 0 Å². The number of hydrogen-bond donors (Lipinski definition) is 1. The molecule has 0 bridgehead atoms. The van der Waals surface area contributed by atoms with Crippen LogP contribution in [0.1, 0.15) is 23.9 Å². The van der Waals surface area contributed by atoms with E-state index in [-0.39, 0.29) is 17.2 Å². The standard InChI is InChI=1S/C20H18FN5OS2/c1-4-28-20-24-26-17(22)16(18(27)23-19(26)29-20)10-13-9-11(2)25(12(13)3)15-7-5-14(21)6-8-15/h5-10,22H,4H2,1-3H3/b16-10+,22-17?. The van der Waals surface area contributed by atoms with Crippen LogP contribution in [0.15, 0.2) is 46.0 Å². The van der Waals surface area contributed by atoms with Crippen molar-refractivity contribution in [3.63, 3.8) is 0 Å². The van der Waals surface area contributed by atoms with Crippen molar-refractivity contribution in [1.82, 2.24) is 9.58 Å². The number of thioether (sulfide) groups is 2. The summed E-state index contributed by atoms with van der Waals surface area (Å²) in [4.78, 5) is 16.7. The lowest BCUT2D eigenvalue weighted by Crippen LogP contribution is -2.35. The first-order valence-electron chi connectivity index (χ1n) is 8.97. The quantitative estimate of drug-likeness (QED) is 0.729. The highest BCUT2D eigenvalue weighted by Gasteiger charge is 2.35. The van der Waals surface area contributed by atoms with Gasteiger partial charge in [-0.15, -0.1) is 5.10 Å². The van der Waals surface area contributed by atoms with Crippen molar-refractivity contribution in [3.8, 4) is 5.69 Å². The van der Waals surface area contributed by atoms with Gasteiger partial charge in [0, 0.05) is 17.1 Å². The Bertz CT molecular complexity index is 1110. The average Bonchev–Trinajstić information content (AvgIpc) is 3.20. The summed E-state index contributed by atoms with van der Waals surface area (Å²) < 4.78 is 16.0. The van der Waals surface area contributed by atoms with Gasteiger partial charge < -0.3 is 4.57 Å². The van der Waals surface area contributed by atoms with Gasteiger partial charge in [-0.1, -0.05) is 18.7 Å². The normalized spacial score (nSPS) is 17.7. The van der Waals surface area contributed by atoms with E-state index < -0.39 is 5.91 Å². The maximum absolute atomic E-state index is 13.3. The van der Waals surface area contributed by atoms with Crippen LogP contribution in [0.4, 0.5) is 4.39 Å². The van der Waals surface area contributed by atoms with Gasteiger partial charge in [-0.05, 0) is 73.3 Å². The number of nitrogens with one attached hydrogen (secondary N) is 1. The SMILES string of the molecule is CCSC1=NN2C(=N)/C(=C\c3cc(C)n(-c4ccc(F)cc4)c3C)C(=O)N=C2S1. The van der Waals surface area contributed by atoms with Gasteiger partial charge in [0.05, 0.1) is 5.57 Å². The number of amides is 1. The van der Waals surface area contributed by atoms with E-state index in [1.807, 2.05) is 31.4 Å². The van der Waals surface area contributed by atoms with Crippen LogP contribution >= 0.6 is 23.5 Å². The van der Waals surface area contributed by atoms with E-state index in [9.17, 15) is 9.18 Å². The minimum absolute atomic E-state index is 0.0192. The molecular formula is C20H18FN5OS2. The van der Waals surface area contributed by atoms with Gasteiger partial charge in [-0.25, -0.2) is 4.39 Å². The van der Waals surface area contributed by atoms with Gasteiger partial charge in [0.25, 0.3) is 5.91 Å². The van der Waals surface area contributed by atoms with Crippen LogP contribution in [0.3, 0.4) is 0 Å². The Morgan fingerprint density at radius 1 is 1.28 bits per heavy atom. The summed E-state index contributed by atoms with van der Waals surface area (Å²) >= 11 is 2.86. The number of rotatable bonds is 3. The number of carbonyl (C=O) groups excluding carboxylic acids is 1. The van der Waals surface area contributed by atoms with Crippen LogP contribution in [-0.4, -0.2) is 36.6 Å². The first kappa shape index (κ1) is 19.7. The third-order valence-electron chi connectivity index (χ3n) is 4.56. The number of aliphatic imine (C=N–C) groups is 1. The summed E-state index contributed by atoms with van der Waals surface area (Å²) in [7, 11) is 0. The number of halogens is 1. The number of fused-ring (bicyclic) bond motifs is 1. The molecular weight excluding hydrogens is 409 g/mol. The van der Waals surface area contributed by atoms with E-state index in [2.05, 4.69) is 10.1 Å². The number of hydrogen-bond acceptors (Lipinski definition) is 5. The van der Waals surface area contributed by atoms with Crippen molar-refractivity contribution in [3.05, 3.63) is 58.7 Å². The zero-order chi connectivity index (χ0) is 20.7. The Balaban J connectivity index is 1.72. The molecule has 1 aromatic heterocycles. The molecule has 6 nitrogen and oxygen atoms in total. The monoisotopic (exact) mass is 427 g/mol. The topological polar surface area (TPSA) is 73.8 Å². The van der Waals surface area contributed by atoms with Crippen LogP contribution in [0, 0.1) is 25.1 Å². The van der Waals surface area contributed by atoms with Crippen LogP contribution in [-0.2, 0) is 4.79 Å². The maximum Gasteiger partial charge on any atom is 0.283 e. The smallest absolute Gasteiger partial charge is 0.283 e. The Hall–Kier alpha value is -2.65. The van der Waals surface area contributed by atoms with Crippen molar-refractivity contribution >= 4 is 50.9 Å². The van der Waals surface area contributed by atoms with Crippen molar-refractivity contribution in [2.45, 2.75) is 20.8 Å². The Kier molecular flexibility index (Phi) is 5.18. The third-order valence-corrected chi connectivity index (χ3v) is 6.48. The first-order valence-corrected chi connectivity index (χ1v) is 10.8. The Morgan fingerprint density at radius 2 is 2.00 bits per heavy atom. The van der Waals surface area contributed by atoms with Gasteiger partial charge in [0.15, 0.2) is 10.2 Å². The predicted octanol–water partition coefficient (Wildman–Crippen LogP) is 4.56. The van der Waals surface area contributed by atoms with Gasteiger partial charge in [0.2, 0.25) is 5.17 Å². The summed E-state index contributed by atoms with van der Waals surface area (Å²) in [5.74, 6) is 0.133. The van der Waals surface area contributed by atoms with E-state index in [0.29, 0.717) is 5.17 Å². The molecule has 2 aliphatic rings. The lowest BCUT2D eigenvalue weighted by Gasteiger charge is -2.20. The number of benzene rings is 1. The molecule has 0 spiro atoms. The van der Waals surface area contributed by atoms with Crippen molar-refractivity contribution in [2.24, 2.45) is 10.1 Å². The van der Waals surface area contributed by atoms with Gasteiger partial charge in [0.1, 0.15) is 5.82 Å². The molecule has 4 rings (SSSR count).